The van der Waals surface area contributed by atoms with E-state index >= 15 is 0 Å². The molecular weight excluding hydrogens is 216 g/mol. The van der Waals surface area contributed by atoms with Crippen molar-refractivity contribution in [1.29, 1.82) is 0 Å². The zero-order valence-electron chi connectivity index (χ0n) is 8.09. The van der Waals surface area contributed by atoms with Crippen molar-refractivity contribution in [2.75, 3.05) is 7.11 Å². The Morgan fingerprint density at radius 3 is 3.00 bits per heavy atom. The van der Waals surface area contributed by atoms with Crippen LogP contribution in [0.25, 0.3) is 0 Å². The fourth-order valence-corrected chi connectivity index (χ4v) is 1.36. The van der Waals surface area contributed by atoms with Crippen molar-refractivity contribution in [2.24, 2.45) is 0 Å². The van der Waals surface area contributed by atoms with E-state index in [9.17, 15) is 0 Å². The summed E-state index contributed by atoms with van der Waals surface area (Å²) in [5.41, 5.74) is 0. The van der Waals surface area contributed by atoms with E-state index < -0.39 is 0 Å². The Balaban J connectivity index is 2.20. The van der Waals surface area contributed by atoms with Gasteiger partial charge in [0.05, 0.1) is 13.3 Å². The standard InChI is InChI=1S/C9H9ClN4O/c1-15-7-5-11-8(13-9(7)10)6-14-4-2-3-12-14/h2-5H,6H2,1H3. The van der Waals surface area contributed by atoms with Crippen molar-refractivity contribution in [3.05, 3.63) is 35.6 Å². The summed E-state index contributed by atoms with van der Waals surface area (Å²) < 4.78 is 6.68. The van der Waals surface area contributed by atoms with Crippen LogP contribution in [-0.4, -0.2) is 26.9 Å². The minimum atomic E-state index is 0.314. The molecule has 0 saturated carbocycles. The molecule has 2 rings (SSSR count). The van der Waals surface area contributed by atoms with Gasteiger partial charge in [-0.2, -0.15) is 5.10 Å². The Kier molecular flexibility index (Phi) is 2.82. The molecule has 0 atom stereocenters. The SMILES string of the molecule is COc1cnc(Cn2cccn2)nc1Cl. The summed E-state index contributed by atoms with van der Waals surface area (Å²) in [6.45, 7) is 0.497. The van der Waals surface area contributed by atoms with Crippen LogP contribution in [-0.2, 0) is 6.54 Å². The Hall–Kier alpha value is -1.62. The normalized spacial score (nSPS) is 10.3. The molecule has 0 unspecified atom stereocenters. The fraction of sp³-hybridized carbons (Fsp3) is 0.222. The lowest BCUT2D eigenvalue weighted by Gasteiger charge is -2.04. The third kappa shape index (κ3) is 2.24. The van der Waals surface area contributed by atoms with Crippen LogP contribution in [0.4, 0.5) is 0 Å². The molecule has 0 aliphatic carbocycles. The first-order valence-corrected chi connectivity index (χ1v) is 4.70. The lowest BCUT2D eigenvalue weighted by Crippen LogP contribution is -2.05. The molecule has 0 N–H and O–H groups in total. The minimum Gasteiger partial charge on any atom is -0.492 e. The van der Waals surface area contributed by atoms with E-state index in [1.807, 2.05) is 12.3 Å². The lowest BCUT2D eigenvalue weighted by atomic mass is 10.5. The Bertz CT molecular complexity index is 443. The van der Waals surface area contributed by atoms with Gasteiger partial charge in [0, 0.05) is 12.4 Å². The van der Waals surface area contributed by atoms with Gasteiger partial charge < -0.3 is 4.74 Å². The molecule has 0 aliphatic rings. The van der Waals surface area contributed by atoms with Gasteiger partial charge in [-0.25, -0.2) is 9.97 Å². The lowest BCUT2D eigenvalue weighted by molar-refractivity contribution is 0.410. The van der Waals surface area contributed by atoms with Crippen molar-refractivity contribution in [3.63, 3.8) is 0 Å². The number of aromatic nitrogens is 4. The number of rotatable bonds is 3. The third-order valence-electron chi connectivity index (χ3n) is 1.84. The van der Waals surface area contributed by atoms with Crippen LogP contribution < -0.4 is 4.74 Å². The summed E-state index contributed by atoms with van der Waals surface area (Å²) in [5.74, 6) is 1.07. The largest absolute Gasteiger partial charge is 0.492 e. The minimum absolute atomic E-state index is 0.314. The predicted octanol–water partition coefficient (Wildman–Crippen LogP) is 1.38. The van der Waals surface area contributed by atoms with Gasteiger partial charge in [-0.1, -0.05) is 11.6 Å². The maximum absolute atomic E-state index is 5.86. The Morgan fingerprint density at radius 2 is 2.40 bits per heavy atom. The Morgan fingerprint density at radius 1 is 1.53 bits per heavy atom. The molecule has 0 radical (unpaired) electrons. The number of hydrogen-bond donors (Lipinski definition) is 0. The topological polar surface area (TPSA) is 52.8 Å². The fourth-order valence-electron chi connectivity index (χ4n) is 1.14. The molecule has 0 aliphatic heterocycles. The maximum Gasteiger partial charge on any atom is 0.174 e. The average Bonchev–Trinajstić information content (AvgIpc) is 2.71. The summed E-state index contributed by atoms with van der Waals surface area (Å²) >= 11 is 5.86. The molecule has 2 aromatic heterocycles. The second-order valence-electron chi connectivity index (χ2n) is 2.85. The molecule has 0 saturated heterocycles. The van der Waals surface area contributed by atoms with E-state index in [2.05, 4.69) is 15.1 Å². The molecule has 5 nitrogen and oxygen atoms in total. The molecule has 0 aromatic carbocycles. The van der Waals surface area contributed by atoms with Crippen molar-refractivity contribution in [1.82, 2.24) is 19.7 Å². The monoisotopic (exact) mass is 224 g/mol. The summed E-state index contributed by atoms with van der Waals surface area (Å²) in [5, 5.41) is 4.36. The number of halogens is 1. The molecule has 0 amide bonds. The molecular formula is C9H9ClN4O. The van der Waals surface area contributed by atoms with Gasteiger partial charge in [-0.3, -0.25) is 4.68 Å². The quantitative estimate of drug-likeness (QED) is 0.740. The van der Waals surface area contributed by atoms with Crippen molar-refractivity contribution < 1.29 is 4.74 Å². The zero-order valence-corrected chi connectivity index (χ0v) is 8.85. The van der Waals surface area contributed by atoms with E-state index in [4.69, 9.17) is 16.3 Å². The molecule has 0 spiro atoms. The van der Waals surface area contributed by atoms with E-state index in [1.54, 1.807) is 17.1 Å². The highest BCUT2D eigenvalue weighted by Gasteiger charge is 2.05. The van der Waals surface area contributed by atoms with Crippen LogP contribution in [0, 0.1) is 0 Å². The van der Waals surface area contributed by atoms with Gasteiger partial charge in [0.2, 0.25) is 0 Å². The molecule has 0 fully saturated rings. The second kappa shape index (κ2) is 4.27. The maximum atomic E-state index is 5.86. The molecule has 78 valence electrons. The highest BCUT2D eigenvalue weighted by molar-refractivity contribution is 6.30. The van der Waals surface area contributed by atoms with Crippen LogP contribution in [0.5, 0.6) is 5.75 Å². The van der Waals surface area contributed by atoms with E-state index in [0.717, 1.165) is 0 Å². The predicted molar refractivity (Wildman–Crippen MR) is 54.9 cm³/mol. The van der Waals surface area contributed by atoms with Crippen LogP contribution in [0.15, 0.2) is 24.7 Å². The van der Waals surface area contributed by atoms with E-state index in [1.165, 1.54) is 7.11 Å². The van der Waals surface area contributed by atoms with Gasteiger partial charge >= 0.3 is 0 Å². The summed E-state index contributed by atoms with van der Waals surface area (Å²) in [6, 6.07) is 1.84. The number of hydrogen-bond acceptors (Lipinski definition) is 4. The van der Waals surface area contributed by atoms with Crippen LogP contribution in [0.1, 0.15) is 5.82 Å². The molecule has 0 bridgehead atoms. The van der Waals surface area contributed by atoms with Crippen LogP contribution >= 0.6 is 11.6 Å². The number of nitrogens with zero attached hydrogens (tertiary/aromatic N) is 4. The van der Waals surface area contributed by atoms with Crippen LogP contribution in [0.3, 0.4) is 0 Å². The zero-order chi connectivity index (χ0) is 10.7. The first-order valence-electron chi connectivity index (χ1n) is 4.32. The van der Waals surface area contributed by atoms with E-state index in [0.29, 0.717) is 23.3 Å². The van der Waals surface area contributed by atoms with Crippen molar-refractivity contribution in [2.45, 2.75) is 6.54 Å². The third-order valence-corrected chi connectivity index (χ3v) is 2.11. The van der Waals surface area contributed by atoms with Gasteiger partial charge in [-0.05, 0) is 6.07 Å². The van der Waals surface area contributed by atoms with Crippen molar-refractivity contribution >= 4 is 11.6 Å². The summed E-state index contributed by atoms with van der Waals surface area (Å²) in [6.07, 6.45) is 5.08. The first kappa shape index (κ1) is 9.92. The number of ether oxygens (including phenoxy) is 1. The highest BCUT2D eigenvalue weighted by Crippen LogP contribution is 2.19. The average molecular weight is 225 g/mol. The molecule has 2 aromatic rings. The van der Waals surface area contributed by atoms with Crippen LogP contribution in [0.2, 0.25) is 5.15 Å². The first-order chi connectivity index (χ1) is 7.29. The van der Waals surface area contributed by atoms with Crippen molar-refractivity contribution in [3.8, 4) is 5.75 Å². The number of methoxy groups -OCH3 is 1. The Labute approximate surface area is 91.7 Å². The smallest absolute Gasteiger partial charge is 0.174 e. The summed E-state index contributed by atoms with van der Waals surface area (Å²) in [7, 11) is 1.53. The highest BCUT2D eigenvalue weighted by atomic mass is 35.5. The van der Waals surface area contributed by atoms with Gasteiger partial charge in [0.15, 0.2) is 16.7 Å². The molecule has 15 heavy (non-hydrogen) atoms. The second-order valence-corrected chi connectivity index (χ2v) is 3.21. The van der Waals surface area contributed by atoms with Gasteiger partial charge in [0.1, 0.15) is 6.54 Å². The van der Waals surface area contributed by atoms with E-state index in [-0.39, 0.29) is 0 Å². The molecule has 2 heterocycles. The van der Waals surface area contributed by atoms with Gasteiger partial charge in [-0.15, -0.1) is 0 Å². The van der Waals surface area contributed by atoms with Gasteiger partial charge in [0.25, 0.3) is 0 Å². The summed E-state index contributed by atoms with van der Waals surface area (Å²) in [4.78, 5) is 8.19. The molecule has 6 heteroatoms.